The molecule has 1 saturated heterocycles. The third-order valence-electron chi connectivity index (χ3n) is 5.86. The maximum Gasteiger partial charge on any atom is 0.321 e. The minimum atomic E-state index is -0.103. The highest BCUT2D eigenvalue weighted by atomic mass is 16.5. The zero-order valence-electron chi connectivity index (χ0n) is 19.1. The van der Waals surface area contributed by atoms with E-state index < -0.39 is 0 Å². The molecule has 166 valence electrons. The van der Waals surface area contributed by atoms with Crippen molar-refractivity contribution < 1.29 is 9.53 Å². The number of hydrogen-bond donors (Lipinski definition) is 1. The molecule has 1 aromatic heterocycles. The summed E-state index contributed by atoms with van der Waals surface area (Å²) in [4.78, 5) is 26.4. The topological polar surface area (TPSA) is 70.6 Å². The van der Waals surface area contributed by atoms with Crippen molar-refractivity contribution in [3.63, 3.8) is 0 Å². The van der Waals surface area contributed by atoms with Crippen molar-refractivity contribution in [2.75, 3.05) is 43.5 Å². The van der Waals surface area contributed by atoms with Crippen LogP contribution in [-0.4, -0.2) is 54.2 Å². The van der Waals surface area contributed by atoms with Gasteiger partial charge in [0.15, 0.2) is 5.82 Å². The van der Waals surface area contributed by atoms with Crippen LogP contribution in [-0.2, 0) is 0 Å². The van der Waals surface area contributed by atoms with E-state index in [1.54, 1.807) is 7.11 Å². The van der Waals surface area contributed by atoms with Crippen molar-refractivity contribution in [2.45, 2.75) is 20.8 Å². The number of aromatic nitrogens is 2. The smallest absolute Gasteiger partial charge is 0.321 e. The number of hydrogen-bond acceptors (Lipinski definition) is 5. The van der Waals surface area contributed by atoms with Crippen LogP contribution in [0.15, 0.2) is 48.5 Å². The molecule has 0 unspecified atom stereocenters. The van der Waals surface area contributed by atoms with Crippen LogP contribution in [0.1, 0.15) is 16.8 Å². The number of ether oxygens (including phenoxy) is 1. The molecule has 0 aliphatic carbocycles. The van der Waals surface area contributed by atoms with Gasteiger partial charge >= 0.3 is 6.03 Å². The van der Waals surface area contributed by atoms with Crippen LogP contribution in [0.4, 0.5) is 16.3 Å². The van der Waals surface area contributed by atoms with Gasteiger partial charge in [0.1, 0.15) is 11.6 Å². The number of anilines is 2. The summed E-state index contributed by atoms with van der Waals surface area (Å²) in [7, 11) is 1.61. The third kappa shape index (κ3) is 4.66. The van der Waals surface area contributed by atoms with Gasteiger partial charge in [0.2, 0.25) is 0 Å². The Bertz CT molecular complexity index is 1110. The Morgan fingerprint density at radius 3 is 2.38 bits per heavy atom. The summed E-state index contributed by atoms with van der Waals surface area (Å²) in [5, 5.41) is 2.96. The number of piperazine rings is 1. The molecule has 1 aliphatic heterocycles. The van der Waals surface area contributed by atoms with Crippen molar-refractivity contribution >= 4 is 17.5 Å². The number of nitrogens with one attached hydrogen (secondary N) is 1. The molecule has 3 aromatic rings. The summed E-state index contributed by atoms with van der Waals surface area (Å²) in [6.45, 7) is 8.84. The Balaban J connectivity index is 1.45. The standard InChI is InChI=1S/C25H29N5O2/c1-17-8-10-20(11-9-17)23-26-19(3)18(2)24(28-23)29-12-14-30(15-13-29)25(31)27-21-6-5-7-22(16-21)32-4/h5-11,16H,12-15H2,1-4H3,(H,27,31). The predicted molar refractivity (Wildman–Crippen MR) is 127 cm³/mol. The number of benzene rings is 2. The molecule has 1 N–H and O–H groups in total. The number of methoxy groups -OCH3 is 1. The van der Waals surface area contributed by atoms with Gasteiger partial charge in [-0.05, 0) is 32.9 Å². The predicted octanol–water partition coefficient (Wildman–Crippen LogP) is 4.43. The highest BCUT2D eigenvalue weighted by Crippen LogP contribution is 2.26. The molecule has 4 rings (SSSR count). The molecule has 2 aromatic carbocycles. The van der Waals surface area contributed by atoms with Gasteiger partial charge in [-0.25, -0.2) is 14.8 Å². The Labute approximate surface area is 189 Å². The Kier molecular flexibility index (Phi) is 6.25. The van der Waals surface area contributed by atoms with Crippen LogP contribution in [0.5, 0.6) is 5.75 Å². The number of rotatable bonds is 4. The zero-order valence-corrected chi connectivity index (χ0v) is 19.1. The number of carbonyl (C=O) groups excluding carboxylic acids is 1. The summed E-state index contributed by atoms with van der Waals surface area (Å²) in [6.07, 6.45) is 0. The van der Waals surface area contributed by atoms with Crippen molar-refractivity contribution in [3.8, 4) is 17.1 Å². The lowest BCUT2D eigenvalue weighted by atomic mass is 10.1. The summed E-state index contributed by atoms with van der Waals surface area (Å²) in [6, 6.07) is 15.6. The lowest BCUT2D eigenvalue weighted by Crippen LogP contribution is -2.50. The molecule has 7 nitrogen and oxygen atoms in total. The van der Waals surface area contributed by atoms with E-state index in [2.05, 4.69) is 48.3 Å². The van der Waals surface area contributed by atoms with Crippen molar-refractivity contribution in [1.82, 2.24) is 14.9 Å². The molecule has 0 radical (unpaired) electrons. The summed E-state index contributed by atoms with van der Waals surface area (Å²) in [5.41, 5.74) is 5.00. The van der Waals surface area contributed by atoms with Gasteiger partial charge in [-0.2, -0.15) is 0 Å². The van der Waals surface area contributed by atoms with E-state index in [0.717, 1.165) is 47.2 Å². The summed E-state index contributed by atoms with van der Waals surface area (Å²) >= 11 is 0. The molecule has 0 saturated carbocycles. The van der Waals surface area contributed by atoms with Gasteiger partial charge in [-0.15, -0.1) is 0 Å². The van der Waals surface area contributed by atoms with Crippen LogP contribution >= 0.6 is 0 Å². The number of amides is 2. The van der Waals surface area contributed by atoms with Gasteiger partial charge < -0.3 is 19.9 Å². The highest BCUT2D eigenvalue weighted by Gasteiger charge is 2.24. The van der Waals surface area contributed by atoms with Crippen LogP contribution in [0.25, 0.3) is 11.4 Å². The van der Waals surface area contributed by atoms with Gasteiger partial charge in [0, 0.05) is 54.8 Å². The molecule has 2 heterocycles. The highest BCUT2D eigenvalue weighted by molar-refractivity contribution is 5.89. The summed E-state index contributed by atoms with van der Waals surface area (Å²) in [5.74, 6) is 2.40. The first kappa shape index (κ1) is 21.6. The Hall–Kier alpha value is -3.61. The second-order valence-corrected chi connectivity index (χ2v) is 8.08. The summed E-state index contributed by atoms with van der Waals surface area (Å²) < 4.78 is 5.23. The van der Waals surface area contributed by atoms with E-state index in [0.29, 0.717) is 18.8 Å². The largest absolute Gasteiger partial charge is 0.497 e. The minimum Gasteiger partial charge on any atom is -0.497 e. The zero-order chi connectivity index (χ0) is 22.7. The van der Waals surface area contributed by atoms with E-state index in [1.807, 2.05) is 36.1 Å². The van der Waals surface area contributed by atoms with Crippen LogP contribution in [0.2, 0.25) is 0 Å². The fraction of sp³-hybridized carbons (Fsp3) is 0.320. The van der Waals surface area contributed by atoms with E-state index in [4.69, 9.17) is 14.7 Å². The van der Waals surface area contributed by atoms with Crippen LogP contribution in [0, 0.1) is 20.8 Å². The number of nitrogens with zero attached hydrogens (tertiary/aromatic N) is 4. The van der Waals surface area contributed by atoms with Gasteiger partial charge in [-0.1, -0.05) is 35.9 Å². The fourth-order valence-electron chi connectivity index (χ4n) is 3.78. The SMILES string of the molecule is COc1cccc(NC(=O)N2CCN(c3nc(-c4ccc(C)cc4)nc(C)c3C)CC2)c1. The van der Waals surface area contributed by atoms with E-state index in [-0.39, 0.29) is 6.03 Å². The van der Waals surface area contributed by atoms with Gasteiger partial charge in [-0.3, -0.25) is 0 Å². The fourth-order valence-corrected chi connectivity index (χ4v) is 3.78. The second kappa shape index (κ2) is 9.26. The lowest BCUT2D eigenvalue weighted by Gasteiger charge is -2.36. The molecular weight excluding hydrogens is 402 g/mol. The molecule has 7 heteroatoms. The molecule has 0 bridgehead atoms. The second-order valence-electron chi connectivity index (χ2n) is 8.08. The van der Waals surface area contributed by atoms with Crippen LogP contribution < -0.4 is 15.0 Å². The third-order valence-corrected chi connectivity index (χ3v) is 5.86. The lowest BCUT2D eigenvalue weighted by molar-refractivity contribution is 0.208. The first-order valence-electron chi connectivity index (χ1n) is 10.8. The average molecular weight is 432 g/mol. The molecule has 2 amide bonds. The van der Waals surface area contributed by atoms with Gasteiger partial charge in [0.05, 0.1) is 7.11 Å². The normalized spacial score (nSPS) is 13.8. The van der Waals surface area contributed by atoms with Crippen molar-refractivity contribution in [3.05, 3.63) is 65.4 Å². The Morgan fingerprint density at radius 1 is 0.969 bits per heavy atom. The number of urea groups is 1. The average Bonchev–Trinajstić information content (AvgIpc) is 2.81. The molecule has 0 spiro atoms. The van der Waals surface area contributed by atoms with Crippen molar-refractivity contribution in [2.24, 2.45) is 0 Å². The first-order chi connectivity index (χ1) is 15.4. The van der Waals surface area contributed by atoms with Crippen LogP contribution in [0.3, 0.4) is 0 Å². The maximum atomic E-state index is 12.7. The van der Waals surface area contributed by atoms with E-state index in [1.165, 1.54) is 5.56 Å². The molecule has 1 fully saturated rings. The van der Waals surface area contributed by atoms with E-state index >= 15 is 0 Å². The molecule has 0 atom stereocenters. The molecule has 1 aliphatic rings. The minimum absolute atomic E-state index is 0.103. The molecule has 32 heavy (non-hydrogen) atoms. The molecular formula is C25H29N5O2. The first-order valence-corrected chi connectivity index (χ1v) is 10.8. The quantitative estimate of drug-likeness (QED) is 0.662. The Morgan fingerprint density at radius 2 is 1.69 bits per heavy atom. The van der Waals surface area contributed by atoms with E-state index in [9.17, 15) is 4.79 Å². The van der Waals surface area contributed by atoms with Gasteiger partial charge in [0.25, 0.3) is 0 Å². The van der Waals surface area contributed by atoms with Crippen molar-refractivity contribution in [1.29, 1.82) is 0 Å². The number of aryl methyl sites for hydroxylation is 2. The number of carbonyl (C=O) groups is 1. The maximum absolute atomic E-state index is 12.7. The monoisotopic (exact) mass is 431 g/mol.